The lowest BCUT2D eigenvalue weighted by atomic mass is 10.1. The highest BCUT2D eigenvalue weighted by atomic mass is 32.2. The Bertz CT molecular complexity index is 1130. The van der Waals surface area contributed by atoms with Crippen molar-refractivity contribution in [3.8, 4) is 11.5 Å². The first kappa shape index (κ1) is 24.5. The van der Waals surface area contributed by atoms with E-state index < -0.39 is 11.7 Å². The summed E-state index contributed by atoms with van der Waals surface area (Å²) in [5, 5.41) is 7.04. The lowest BCUT2D eigenvalue weighted by Gasteiger charge is -2.15. The minimum Gasteiger partial charge on any atom is -0.334 e. The van der Waals surface area contributed by atoms with E-state index in [2.05, 4.69) is 26.3 Å². The fourth-order valence-electron chi connectivity index (χ4n) is 2.81. The molecule has 3 aromatic rings. The molecule has 0 aliphatic heterocycles. The van der Waals surface area contributed by atoms with E-state index in [-0.39, 0.29) is 39.8 Å². The minimum atomic E-state index is -4.47. The lowest BCUT2D eigenvalue weighted by Crippen LogP contribution is -2.44. The number of anilines is 1. The number of rotatable bonds is 6. The van der Waals surface area contributed by atoms with Crippen molar-refractivity contribution in [2.24, 2.45) is 0 Å². The van der Waals surface area contributed by atoms with Gasteiger partial charge in [-0.3, -0.25) is 15.6 Å². The predicted octanol–water partition coefficient (Wildman–Crippen LogP) is 4.62. The van der Waals surface area contributed by atoms with Crippen LogP contribution in [-0.2, 0) is 16.7 Å². The lowest BCUT2D eigenvalue weighted by molar-refractivity contribution is -0.137. The maximum atomic E-state index is 12.9. The van der Waals surface area contributed by atoms with E-state index in [0.717, 1.165) is 28.9 Å². The van der Waals surface area contributed by atoms with E-state index in [9.17, 15) is 18.0 Å². The molecule has 7 nitrogen and oxygen atoms in total. The second kappa shape index (κ2) is 10.7. The van der Waals surface area contributed by atoms with Gasteiger partial charge in [0.15, 0.2) is 10.9 Å². The summed E-state index contributed by atoms with van der Waals surface area (Å²) in [5.74, 6) is 0.228. The number of hydrogen-bond acceptors (Lipinski definition) is 6. The molecule has 0 fully saturated rings. The summed E-state index contributed by atoms with van der Waals surface area (Å²) >= 11 is 6.41. The Kier molecular flexibility index (Phi) is 7.92. The Morgan fingerprint density at radius 3 is 2.52 bits per heavy atom. The van der Waals surface area contributed by atoms with Crippen molar-refractivity contribution < 1.29 is 22.5 Å². The number of aromatic nitrogens is 2. The molecule has 0 aliphatic carbocycles. The van der Waals surface area contributed by atoms with Gasteiger partial charge in [0.05, 0.1) is 17.1 Å². The Morgan fingerprint density at radius 1 is 1.12 bits per heavy atom. The van der Waals surface area contributed by atoms with E-state index >= 15 is 0 Å². The van der Waals surface area contributed by atoms with Crippen LogP contribution in [0.4, 0.5) is 18.9 Å². The maximum Gasteiger partial charge on any atom is 0.416 e. The highest BCUT2D eigenvalue weighted by Gasteiger charge is 2.30. The number of nitrogens with zero attached hydrogens (tertiary/aromatic N) is 2. The quantitative estimate of drug-likeness (QED) is 0.337. The predicted molar refractivity (Wildman–Crippen MR) is 124 cm³/mol. The smallest absolute Gasteiger partial charge is 0.334 e. The summed E-state index contributed by atoms with van der Waals surface area (Å²) in [7, 11) is 0. The third-order valence-corrected chi connectivity index (χ3v) is 5.54. The molecule has 0 radical (unpaired) electrons. The summed E-state index contributed by atoms with van der Waals surface area (Å²) in [5.41, 5.74) is 7.41. The van der Waals surface area contributed by atoms with Gasteiger partial charge in [-0.25, -0.2) is 0 Å². The number of nitrogens with one attached hydrogen (secondary N) is 3. The van der Waals surface area contributed by atoms with Crippen LogP contribution in [0, 0.1) is 13.8 Å². The van der Waals surface area contributed by atoms with Gasteiger partial charge >= 0.3 is 6.18 Å². The van der Waals surface area contributed by atoms with Gasteiger partial charge in [0.25, 0.3) is 5.89 Å². The average Bonchev–Trinajstić information content (AvgIpc) is 3.23. The van der Waals surface area contributed by atoms with Gasteiger partial charge in [0.2, 0.25) is 5.91 Å². The molecule has 1 aromatic heterocycles. The van der Waals surface area contributed by atoms with Crippen LogP contribution < -0.4 is 16.2 Å². The van der Waals surface area contributed by atoms with Crippen molar-refractivity contribution >= 4 is 40.7 Å². The number of halogens is 3. The molecule has 0 aliphatic rings. The second-order valence-corrected chi connectivity index (χ2v) is 8.38. The van der Waals surface area contributed by atoms with Crippen LogP contribution >= 0.6 is 24.0 Å². The number of alkyl halides is 3. The molecular formula is C21H20F3N5O2S2. The first-order valence-corrected chi connectivity index (χ1v) is 11.2. The zero-order valence-electron chi connectivity index (χ0n) is 17.6. The zero-order chi connectivity index (χ0) is 24.0. The number of aryl methyl sites for hydroxylation is 2. The number of hydrogen-bond donors (Lipinski definition) is 3. The first-order chi connectivity index (χ1) is 15.6. The number of carbonyl (C=O) groups excluding carboxylic acids is 1. The number of para-hydroxylation sites is 1. The average molecular weight is 496 g/mol. The molecular weight excluding hydrogens is 475 g/mol. The van der Waals surface area contributed by atoms with Crippen LogP contribution in [0.3, 0.4) is 0 Å². The third kappa shape index (κ3) is 6.93. The Morgan fingerprint density at radius 2 is 1.82 bits per heavy atom. The van der Waals surface area contributed by atoms with Crippen LogP contribution in [0.1, 0.15) is 22.5 Å². The number of carbonyl (C=O) groups is 1. The van der Waals surface area contributed by atoms with Crippen molar-refractivity contribution in [1.29, 1.82) is 0 Å². The van der Waals surface area contributed by atoms with Gasteiger partial charge in [-0.05, 0) is 55.4 Å². The molecule has 3 N–H and O–H groups in total. The zero-order valence-corrected chi connectivity index (χ0v) is 19.2. The molecule has 12 heteroatoms. The van der Waals surface area contributed by atoms with Crippen LogP contribution in [0.25, 0.3) is 11.5 Å². The molecule has 2 aromatic carbocycles. The highest BCUT2D eigenvalue weighted by molar-refractivity contribution is 7.99. The molecule has 0 saturated carbocycles. The summed E-state index contributed by atoms with van der Waals surface area (Å²) in [4.78, 5) is 16.1. The normalized spacial score (nSPS) is 11.2. The molecule has 0 saturated heterocycles. The fourth-order valence-corrected chi connectivity index (χ4v) is 3.62. The molecule has 1 heterocycles. The topological polar surface area (TPSA) is 92.1 Å². The SMILES string of the molecule is Cc1cccc(C)c1NC(=S)NNC(=O)CSCc1noc(-c2cccc(C(F)(F)F)c2)n1. The Balaban J connectivity index is 1.44. The summed E-state index contributed by atoms with van der Waals surface area (Å²) < 4.78 is 43.6. The first-order valence-electron chi connectivity index (χ1n) is 9.63. The van der Waals surface area contributed by atoms with E-state index in [1.54, 1.807) is 0 Å². The van der Waals surface area contributed by atoms with Crippen LogP contribution in [-0.4, -0.2) is 26.9 Å². The van der Waals surface area contributed by atoms with Crippen molar-refractivity contribution in [2.75, 3.05) is 11.1 Å². The van der Waals surface area contributed by atoms with Crippen molar-refractivity contribution in [3.63, 3.8) is 0 Å². The molecule has 0 spiro atoms. The van der Waals surface area contributed by atoms with E-state index in [1.165, 1.54) is 23.9 Å². The number of thioether (sulfide) groups is 1. The molecule has 0 bridgehead atoms. The summed E-state index contributed by atoms with van der Waals surface area (Å²) in [6.45, 7) is 3.90. The number of amides is 1. The molecule has 174 valence electrons. The summed E-state index contributed by atoms with van der Waals surface area (Å²) in [6, 6.07) is 10.5. The largest absolute Gasteiger partial charge is 0.416 e. The van der Waals surface area contributed by atoms with E-state index in [4.69, 9.17) is 16.7 Å². The van der Waals surface area contributed by atoms with Crippen molar-refractivity contribution in [3.05, 3.63) is 65.0 Å². The monoisotopic (exact) mass is 495 g/mol. The summed E-state index contributed by atoms with van der Waals surface area (Å²) in [6.07, 6.45) is -4.47. The van der Waals surface area contributed by atoms with Crippen LogP contribution in [0.15, 0.2) is 47.0 Å². The second-order valence-electron chi connectivity index (χ2n) is 6.98. The fraction of sp³-hybridized carbons (Fsp3) is 0.238. The van der Waals surface area contributed by atoms with E-state index in [1.807, 2.05) is 32.0 Å². The Hall–Kier alpha value is -3.12. The van der Waals surface area contributed by atoms with Crippen LogP contribution in [0.5, 0.6) is 0 Å². The standard InChI is InChI=1S/C21H20F3N5O2S2/c1-12-5-3-6-13(2)18(12)26-20(32)28-27-17(30)11-33-10-16-25-19(31-29-16)14-7-4-8-15(9-14)21(22,23)24/h3-9H,10-11H2,1-2H3,(H,27,30)(H2,26,28,32). The molecule has 1 amide bonds. The molecule has 0 unspecified atom stereocenters. The van der Waals surface area contributed by atoms with Gasteiger partial charge in [-0.15, -0.1) is 11.8 Å². The van der Waals surface area contributed by atoms with Gasteiger partial charge in [0.1, 0.15) is 0 Å². The molecule has 0 atom stereocenters. The highest BCUT2D eigenvalue weighted by Crippen LogP contribution is 2.31. The van der Waals surface area contributed by atoms with Gasteiger partial charge in [-0.1, -0.05) is 29.4 Å². The molecule has 3 rings (SSSR count). The van der Waals surface area contributed by atoms with E-state index in [0.29, 0.717) is 0 Å². The van der Waals surface area contributed by atoms with Crippen molar-refractivity contribution in [1.82, 2.24) is 21.0 Å². The number of hydrazine groups is 1. The van der Waals surface area contributed by atoms with Gasteiger partial charge < -0.3 is 9.84 Å². The minimum absolute atomic E-state index is 0.0225. The van der Waals surface area contributed by atoms with Crippen LogP contribution in [0.2, 0.25) is 0 Å². The van der Waals surface area contributed by atoms with Crippen molar-refractivity contribution in [2.45, 2.75) is 25.8 Å². The van der Waals surface area contributed by atoms with Gasteiger partial charge in [-0.2, -0.15) is 18.2 Å². The molecule has 33 heavy (non-hydrogen) atoms. The third-order valence-electron chi connectivity index (χ3n) is 4.40. The number of thiocarbonyl (C=S) groups is 1. The maximum absolute atomic E-state index is 12.9. The Labute approximate surface area is 197 Å². The number of benzene rings is 2. The van der Waals surface area contributed by atoms with Gasteiger partial charge in [0, 0.05) is 11.3 Å².